The predicted octanol–water partition coefficient (Wildman–Crippen LogP) is 2.25. The SMILES string of the molecule is CC(C)NC(=O)O[C@@H]1CC[C@H](c2cc(Nc3ccc4c(n3)CNS(=O)(=O)C4)n[nH]2)C1. The number of sulfonamides is 1. The second kappa shape index (κ2) is 8.23. The molecular formula is C19H26N6O4S. The predicted molar refractivity (Wildman–Crippen MR) is 111 cm³/mol. The lowest BCUT2D eigenvalue weighted by Crippen LogP contribution is -2.33. The molecule has 4 N–H and O–H groups in total. The van der Waals surface area contributed by atoms with Crippen molar-refractivity contribution in [1.29, 1.82) is 0 Å². The van der Waals surface area contributed by atoms with E-state index in [4.69, 9.17) is 4.74 Å². The molecule has 0 bridgehead atoms. The lowest BCUT2D eigenvalue weighted by atomic mass is 10.0. The zero-order valence-corrected chi connectivity index (χ0v) is 17.8. The van der Waals surface area contributed by atoms with Crippen LogP contribution in [0.5, 0.6) is 0 Å². The number of rotatable bonds is 5. The summed E-state index contributed by atoms with van der Waals surface area (Å²) in [6.07, 6.45) is 2.02. The number of H-pyrrole nitrogens is 1. The molecule has 11 heteroatoms. The summed E-state index contributed by atoms with van der Waals surface area (Å²) in [6, 6.07) is 5.51. The van der Waals surface area contributed by atoms with Crippen LogP contribution in [0.1, 0.15) is 56.0 Å². The number of fused-ring (bicyclic) bond motifs is 1. The highest BCUT2D eigenvalue weighted by Gasteiger charge is 2.30. The van der Waals surface area contributed by atoms with Crippen molar-refractivity contribution in [2.45, 2.75) is 63.5 Å². The maximum atomic E-state index is 11.8. The Balaban J connectivity index is 1.36. The molecule has 10 nitrogen and oxygen atoms in total. The number of amides is 1. The number of pyridine rings is 1. The van der Waals surface area contributed by atoms with Crippen LogP contribution >= 0.6 is 0 Å². The van der Waals surface area contributed by atoms with Crippen LogP contribution < -0.4 is 15.4 Å². The number of aromatic amines is 1. The van der Waals surface area contributed by atoms with Crippen LogP contribution in [0.4, 0.5) is 16.4 Å². The number of anilines is 2. The Kier molecular flexibility index (Phi) is 5.65. The summed E-state index contributed by atoms with van der Waals surface area (Å²) in [5.74, 6) is 1.43. The highest BCUT2D eigenvalue weighted by atomic mass is 32.2. The molecule has 0 unspecified atom stereocenters. The third kappa shape index (κ3) is 4.90. The molecule has 0 radical (unpaired) electrons. The summed E-state index contributed by atoms with van der Waals surface area (Å²) in [4.78, 5) is 16.3. The molecule has 162 valence electrons. The fraction of sp³-hybridized carbons (Fsp3) is 0.526. The Morgan fingerprint density at radius 3 is 2.90 bits per heavy atom. The molecule has 1 fully saturated rings. The fourth-order valence-electron chi connectivity index (χ4n) is 3.81. The molecule has 1 saturated carbocycles. The van der Waals surface area contributed by atoms with Gasteiger partial charge in [0.05, 0.1) is 18.0 Å². The summed E-state index contributed by atoms with van der Waals surface area (Å²) >= 11 is 0. The molecule has 2 aromatic rings. The smallest absolute Gasteiger partial charge is 0.407 e. The van der Waals surface area contributed by atoms with Crippen molar-refractivity contribution in [2.75, 3.05) is 5.32 Å². The lowest BCUT2D eigenvalue weighted by molar-refractivity contribution is 0.0981. The lowest BCUT2D eigenvalue weighted by Gasteiger charge is -2.17. The van der Waals surface area contributed by atoms with E-state index >= 15 is 0 Å². The first-order chi connectivity index (χ1) is 14.3. The summed E-state index contributed by atoms with van der Waals surface area (Å²) in [5.41, 5.74) is 2.40. The molecular weight excluding hydrogens is 408 g/mol. The molecule has 1 amide bonds. The normalized spacial score (nSPS) is 22.5. The van der Waals surface area contributed by atoms with Gasteiger partial charge in [-0.15, -0.1) is 0 Å². The molecule has 30 heavy (non-hydrogen) atoms. The van der Waals surface area contributed by atoms with Crippen molar-refractivity contribution in [2.24, 2.45) is 0 Å². The number of ether oxygens (including phenoxy) is 1. The Hall–Kier alpha value is -2.66. The molecule has 0 saturated heterocycles. The molecule has 0 spiro atoms. The number of nitrogens with zero attached hydrogens (tertiary/aromatic N) is 2. The fourth-order valence-corrected chi connectivity index (χ4v) is 4.94. The van der Waals surface area contributed by atoms with Crippen LogP contribution in [0.15, 0.2) is 18.2 Å². The van der Waals surface area contributed by atoms with E-state index in [1.165, 1.54) is 0 Å². The molecule has 1 aliphatic heterocycles. The van der Waals surface area contributed by atoms with Crippen molar-refractivity contribution in [3.05, 3.63) is 35.2 Å². The highest BCUT2D eigenvalue weighted by molar-refractivity contribution is 7.88. The van der Waals surface area contributed by atoms with Crippen LogP contribution in [0.3, 0.4) is 0 Å². The van der Waals surface area contributed by atoms with Gasteiger partial charge < -0.3 is 15.4 Å². The van der Waals surface area contributed by atoms with Gasteiger partial charge >= 0.3 is 6.09 Å². The van der Waals surface area contributed by atoms with E-state index in [-0.39, 0.29) is 36.5 Å². The van der Waals surface area contributed by atoms with Gasteiger partial charge in [0.25, 0.3) is 0 Å². The van der Waals surface area contributed by atoms with Crippen molar-refractivity contribution >= 4 is 27.8 Å². The molecule has 0 aromatic carbocycles. The van der Waals surface area contributed by atoms with Gasteiger partial charge in [-0.25, -0.2) is 22.9 Å². The molecule has 4 rings (SSSR count). The van der Waals surface area contributed by atoms with Crippen LogP contribution in [-0.4, -0.2) is 41.8 Å². The quantitative estimate of drug-likeness (QED) is 0.566. The van der Waals surface area contributed by atoms with Gasteiger partial charge in [0, 0.05) is 23.7 Å². The standard InChI is InChI=1S/C19H26N6O4S/c1-11(2)21-19(26)29-14-5-3-12(7-14)15-8-18(25-24-15)23-17-6-4-13-10-30(27,28)20-9-16(13)22-17/h4,6,8,11-12,14,20H,3,5,7,9-10H2,1-2H3,(H,21,26)(H2,22,23,24,25)/t12-,14+/m0/s1. The third-order valence-corrected chi connectivity index (χ3v) is 6.51. The van der Waals surface area contributed by atoms with E-state index in [2.05, 4.69) is 30.5 Å². The van der Waals surface area contributed by atoms with Crippen LogP contribution in [0.25, 0.3) is 0 Å². The summed E-state index contributed by atoms with van der Waals surface area (Å²) in [6.45, 7) is 3.98. The molecule has 2 aliphatic rings. The van der Waals surface area contributed by atoms with Crippen molar-refractivity contribution in [3.63, 3.8) is 0 Å². The largest absolute Gasteiger partial charge is 0.446 e. The summed E-state index contributed by atoms with van der Waals surface area (Å²) in [7, 11) is -3.26. The van der Waals surface area contributed by atoms with E-state index in [1.54, 1.807) is 12.1 Å². The van der Waals surface area contributed by atoms with Crippen LogP contribution in [-0.2, 0) is 27.1 Å². The summed E-state index contributed by atoms with van der Waals surface area (Å²) < 4.78 is 31.3. The molecule has 3 heterocycles. The van der Waals surface area contributed by atoms with Gasteiger partial charge in [-0.1, -0.05) is 6.07 Å². The minimum atomic E-state index is -3.26. The number of carbonyl (C=O) groups is 1. The van der Waals surface area contributed by atoms with Crippen LogP contribution in [0, 0.1) is 0 Å². The van der Waals surface area contributed by atoms with E-state index < -0.39 is 10.0 Å². The Morgan fingerprint density at radius 1 is 1.27 bits per heavy atom. The van der Waals surface area contributed by atoms with Crippen molar-refractivity contribution < 1.29 is 17.9 Å². The van der Waals surface area contributed by atoms with E-state index in [0.29, 0.717) is 22.9 Å². The number of hydrogen-bond acceptors (Lipinski definition) is 7. The Bertz CT molecular complexity index is 1040. The minimum absolute atomic E-state index is 0.0494. The Labute approximate surface area is 175 Å². The topological polar surface area (TPSA) is 138 Å². The van der Waals surface area contributed by atoms with Gasteiger partial charge in [-0.3, -0.25) is 5.10 Å². The second-order valence-electron chi connectivity index (χ2n) is 8.05. The monoisotopic (exact) mass is 434 g/mol. The average molecular weight is 435 g/mol. The van der Waals surface area contributed by atoms with Crippen molar-refractivity contribution in [1.82, 2.24) is 25.2 Å². The maximum absolute atomic E-state index is 11.8. The van der Waals surface area contributed by atoms with Gasteiger partial charge in [0.15, 0.2) is 5.82 Å². The number of nitrogens with one attached hydrogen (secondary N) is 4. The number of hydrogen-bond donors (Lipinski definition) is 4. The highest BCUT2D eigenvalue weighted by Crippen LogP contribution is 2.36. The maximum Gasteiger partial charge on any atom is 0.407 e. The first-order valence-electron chi connectivity index (χ1n) is 10.0. The van der Waals surface area contributed by atoms with Gasteiger partial charge in [0.2, 0.25) is 10.0 Å². The second-order valence-corrected chi connectivity index (χ2v) is 9.86. The molecule has 2 aromatic heterocycles. The van der Waals surface area contributed by atoms with Crippen LogP contribution in [0.2, 0.25) is 0 Å². The minimum Gasteiger partial charge on any atom is -0.446 e. The average Bonchev–Trinajstić information content (AvgIpc) is 3.30. The number of alkyl carbamates (subject to hydrolysis) is 1. The molecule has 2 atom stereocenters. The molecule has 1 aliphatic carbocycles. The first kappa shape index (κ1) is 20.6. The van der Waals surface area contributed by atoms with Gasteiger partial charge in [-0.05, 0) is 44.7 Å². The zero-order chi connectivity index (χ0) is 21.3. The van der Waals surface area contributed by atoms with E-state index in [1.807, 2.05) is 19.9 Å². The zero-order valence-electron chi connectivity index (χ0n) is 16.9. The summed E-state index contributed by atoms with van der Waals surface area (Å²) in [5, 5.41) is 13.3. The Morgan fingerprint density at radius 2 is 2.10 bits per heavy atom. The van der Waals surface area contributed by atoms with E-state index in [0.717, 1.165) is 25.0 Å². The number of aromatic nitrogens is 3. The van der Waals surface area contributed by atoms with Gasteiger partial charge in [-0.2, -0.15) is 5.10 Å². The third-order valence-electron chi connectivity index (χ3n) is 5.23. The van der Waals surface area contributed by atoms with Crippen molar-refractivity contribution in [3.8, 4) is 0 Å². The first-order valence-corrected chi connectivity index (χ1v) is 11.7. The van der Waals surface area contributed by atoms with Gasteiger partial charge in [0.1, 0.15) is 11.9 Å². The van der Waals surface area contributed by atoms with E-state index in [9.17, 15) is 13.2 Å². The number of carbonyl (C=O) groups excluding carboxylic acids is 1.